The standard InChI is InChI=1S/C17H26FNO/c1-3-10-19-16(14-6-4-5-7-14)12-13-8-9-17(20-2)15(18)11-13/h8-9,11,14,16,19H,3-7,10,12H2,1-2H3. The Hall–Kier alpha value is -1.09. The molecular weight excluding hydrogens is 253 g/mol. The van der Waals surface area contributed by atoms with E-state index in [1.54, 1.807) is 12.1 Å². The highest BCUT2D eigenvalue weighted by atomic mass is 19.1. The van der Waals surface area contributed by atoms with Crippen LogP contribution in [0.5, 0.6) is 5.75 Å². The molecule has 112 valence electrons. The van der Waals surface area contributed by atoms with Gasteiger partial charge in [0.05, 0.1) is 7.11 Å². The Morgan fingerprint density at radius 1 is 1.35 bits per heavy atom. The highest BCUT2D eigenvalue weighted by Gasteiger charge is 2.24. The third-order valence-corrected chi connectivity index (χ3v) is 4.30. The van der Waals surface area contributed by atoms with E-state index in [-0.39, 0.29) is 5.82 Å². The Bertz CT molecular complexity index is 415. The summed E-state index contributed by atoms with van der Waals surface area (Å²) in [7, 11) is 1.50. The molecule has 1 aliphatic carbocycles. The van der Waals surface area contributed by atoms with Crippen molar-refractivity contribution in [3.05, 3.63) is 29.6 Å². The first-order valence-electron chi connectivity index (χ1n) is 7.80. The second kappa shape index (κ2) is 7.63. The maximum absolute atomic E-state index is 13.8. The molecule has 1 unspecified atom stereocenters. The van der Waals surface area contributed by atoms with E-state index in [9.17, 15) is 4.39 Å². The Kier molecular flexibility index (Phi) is 5.84. The molecule has 0 aliphatic heterocycles. The van der Waals surface area contributed by atoms with E-state index in [1.807, 2.05) is 6.07 Å². The fourth-order valence-electron chi connectivity index (χ4n) is 3.19. The SMILES string of the molecule is CCCNC(Cc1ccc(OC)c(F)c1)C1CCCC1. The predicted octanol–water partition coefficient (Wildman–Crippen LogP) is 3.94. The molecule has 0 spiro atoms. The van der Waals surface area contributed by atoms with Gasteiger partial charge in [-0.15, -0.1) is 0 Å². The van der Waals surface area contributed by atoms with Crippen LogP contribution in [0.2, 0.25) is 0 Å². The zero-order valence-electron chi connectivity index (χ0n) is 12.6. The lowest BCUT2D eigenvalue weighted by Gasteiger charge is -2.25. The predicted molar refractivity (Wildman–Crippen MR) is 80.7 cm³/mol. The number of hydrogen-bond acceptors (Lipinski definition) is 2. The van der Waals surface area contributed by atoms with Gasteiger partial charge >= 0.3 is 0 Å². The molecule has 2 rings (SSSR count). The maximum Gasteiger partial charge on any atom is 0.165 e. The second-order valence-electron chi connectivity index (χ2n) is 5.78. The van der Waals surface area contributed by atoms with Crippen LogP contribution < -0.4 is 10.1 Å². The van der Waals surface area contributed by atoms with Crippen molar-refractivity contribution in [3.8, 4) is 5.75 Å². The lowest BCUT2D eigenvalue weighted by Crippen LogP contribution is -2.37. The molecule has 0 bridgehead atoms. The summed E-state index contributed by atoms with van der Waals surface area (Å²) in [5.74, 6) is 0.810. The Morgan fingerprint density at radius 2 is 2.10 bits per heavy atom. The van der Waals surface area contributed by atoms with Crippen molar-refractivity contribution < 1.29 is 9.13 Å². The summed E-state index contributed by atoms with van der Waals surface area (Å²) >= 11 is 0. The molecule has 1 N–H and O–H groups in total. The first kappa shape index (κ1) is 15.3. The Morgan fingerprint density at radius 3 is 2.70 bits per heavy atom. The van der Waals surface area contributed by atoms with Crippen molar-refractivity contribution in [2.24, 2.45) is 5.92 Å². The van der Waals surface area contributed by atoms with Crippen molar-refractivity contribution in [2.45, 2.75) is 51.5 Å². The van der Waals surface area contributed by atoms with Crippen LogP contribution in [-0.4, -0.2) is 19.7 Å². The summed E-state index contributed by atoms with van der Waals surface area (Å²) in [5, 5.41) is 3.65. The first-order chi connectivity index (χ1) is 9.74. The summed E-state index contributed by atoms with van der Waals surface area (Å²) in [6.45, 7) is 3.23. The van der Waals surface area contributed by atoms with Gasteiger partial charge in [-0.05, 0) is 55.8 Å². The van der Waals surface area contributed by atoms with Crippen LogP contribution in [0.25, 0.3) is 0 Å². The number of methoxy groups -OCH3 is 1. The van der Waals surface area contributed by atoms with E-state index in [1.165, 1.54) is 32.8 Å². The van der Waals surface area contributed by atoms with E-state index < -0.39 is 0 Å². The number of nitrogens with one attached hydrogen (secondary N) is 1. The van der Waals surface area contributed by atoms with Gasteiger partial charge in [0.15, 0.2) is 11.6 Å². The zero-order valence-corrected chi connectivity index (χ0v) is 12.6. The minimum Gasteiger partial charge on any atom is -0.494 e. The van der Waals surface area contributed by atoms with E-state index in [0.717, 1.165) is 30.9 Å². The smallest absolute Gasteiger partial charge is 0.165 e. The van der Waals surface area contributed by atoms with Crippen LogP contribution in [0.15, 0.2) is 18.2 Å². The third-order valence-electron chi connectivity index (χ3n) is 4.30. The minimum atomic E-state index is -0.259. The van der Waals surface area contributed by atoms with E-state index in [0.29, 0.717) is 11.8 Å². The third kappa shape index (κ3) is 3.95. The lowest BCUT2D eigenvalue weighted by atomic mass is 9.92. The molecule has 1 saturated carbocycles. The van der Waals surface area contributed by atoms with Crippen molar-refractivity contribution >= 4 is 0 Å². The molecule has 1 aromatic rings. The van der Waals surface area contributed by atoms with E-state index in [2.05, 4.69) is 12.2 Å². The van der Waals surface area contributed by atoms with Crippen LogP contribution >= 0.6 is 0 Å². The van der Waals surface area contributed by atoms with Crippen LogP contribution in [-0.2, 0) is 6.42 Å². The molecule has 0 radical (unpaired) electrons. The molecule has 0 saturated heterocycles. The molecule has 0 heterocycles. The summed E-state index contributed by atoms with van der Waals surface area (Å²) < 4.78 is 18.8. The second-order valence-corrected chi connectivity index (χ2v) is 5.78. The van der Waals surface area contributed by atoms with Gasteiger partial charge in [-0.25, -0.2) is 4.39 Å². The zero-order chi connectivity index (χ0) is 14.4. The highest BCUT2D eigenvalue weighted by Crippen LogP contribution is 2.30. The van der Waals surface area contributed by atoms with Crippen LogP contribution in [0.3, 0.4) is 0 Å². The van der Waals surface area contributed by atoms with E-state index in [4.69, 9.17) is 4.74 Å². The monoisotopic (exact) mass is 279 g/mol. The number of benzene rings is 1. The fraction of sp³-hybridized carbons (Fsp3) is 0.647. The maximum atomic E-state index is 13.8. The summed E-state index contributed by atoms with van der Waals surface area (Å²) in [4.78, 5) is 0. The van der Waals surface area contributed by atoms with Crippen molar-refractivity contribution in [1.29, 1.82) is 0 Å². The van der Waals surface area contributed by atoms with Crippen molar-refractivity contribution in [3.63, 3.8) is 0 Å². The molecular formula is C17H26FNO. The quantitative estimate of drug-likeness (QED) is 0.816. The lowest BCUT2D eigenvalue weighted by molar-refractivity contribution is 0.355. The van der Waals surface area contributed by atoms with Crippen LogP contribution in [0.4, 0.5) is 4.39 Å². The Balaban J connectivity index is 2.04. The summed E-state index contributed by atoms with van der Waals surface area (Å²) in [5.41, 5.74) is 1.06. The van der Waals surface area contributed by atoms with Crippen molar-refractivity contribution in [1.82, 2.24) is 5.32 Å². The minimum absolute atomic E-state index is 0.259. The normalized spacial score (nSPS) is 17.4. The molecule has 2 nitrogen and oxygen atoms in total. The van der Waals surface area contributed by atoms with Gasteiger partial charge in [-0.1, -0.05) is 25.8 Å². The van der Waals surface area contributed by atoms with Gasteiger partial charge < -0.3 is 10.1 Å². The van der Waals surface area contributed by atoms with Gasteiger partial charge in [0.25, 0.3) is 0 Å². The van der Waals surface area contributed by atoms with Crippen LogP contribution in [0.1, 0.15) is 44.6 Å². The topological polar surface area (TPSA) is 21.3 Å². The Labute approximate surface area is 121 Å². The molecule has 3 heteroatoms. The first-order valence-corrected chi connectivity index (χ1v) is 7.80. The molecule has 1 aromatic carbocycles. The average molecular weight is 279 g/mol. The largest absolute Gasteiger partial charge is 0.494 e. The number of halogens is 1. The average Bonchev–Trinajstić information content (AvgIpc) is 2.97. The highest BCUT2D eigenvalue weighted by molar-refractivity contribution is 5.29. The van der Waals surface area contributed by atoms with Gasteiger partial charge in [0.2, 0.25) is 0 Å². The molecule has 20 heavy (non-hydrogen) atoms. The van der Waals surface area contributed by atoms with Gasteiger partial charge in [-0.2, -0.15) is 0 Å². The van der Waals surface area contributed by atoms with Gasteiger partial charge in [0.1, 0.15) is 0 Å². The number of hydrogen-bond donors (Lipinski definition) is 1. The molecule has 1 fully saturated rings. The summed E-state index contributed by atoms with van der Waals surface area (Å²) in [6, 6.07) is 5.81. The molecule has 0 aromatic heterocycles. The van der Waals surface area contributed by atoms with Gasteiger partial charge in [0, 0.05) is 6.04 Å². The number of ether oxygens (including phenoxy) is 1. The van der Waals surface area contributed by atoms with Crippen LogP contribution in [0, 0.1) is 11.7 Å². The molecule has 0 amide bonds. The number of rotatable bonds is 7. The fourth-order valence-corrected chi connectivity index (χ4v) is 3.19. The summed E-state index contributed by atoms with van der Waals surface area (Å²) in [6.07, 6.45) is 7.34. The molecule has 1 aliphatic rings. The van der Waals surface area contributed by atoms with Gasteiger partial charge in [-0.3, -0.25) is 0 Å². The van der Waals surface area contributed by atoms with E-state index >= 15 is 0 Å². The van der Waals surface area contributed by atoms with Crippen molar-refractivity contribution in [2.75, 3.05) is 13.7 Å². The molecule has 1 atom stereocenters.